The summed E-state index contributed by atoms with van der Waals surface area (Å²) in [6.45, 7) is 29.3. The number of ether oxygens (including phenoxy) is 8. The first-order valence-electron chi connectivity index (χ1n) is 41.8. The summed E-state index contributed by atoms with van der Waals surface area (Å²) in [5, 5.41) is 44.6. The highest BCUT2D eigenvalue weighted by atomic mass is 79.9. The van der Waals surface area contributed by atoms with E-state index in [2.05, 4.69) is 168 Å². The van der Waals surface area contributed by atoms with E-state index in [0.29, 0.717) is 46.9 Å². The summed E-state index contributed by atoms with van der Waals surface area (Å²) in [4.78, 5) is 69.1. The maximum absolute atomic E-state index is 11.6. The number of carbonyl (C=O) groups is 2. The van der Waals surface area contributed by atoms with Gasteiger partial charge in [-0.05, 0) is 171 Å². The van der Waals surface area contributed by atoms with Gasteiger partial charge in [-0.15, -0.1) is 12.4 Å². The molecule has 0 unspecified atom stereocenters. The number of alkyl halides is 1. The highest BCUT2D eigenvalue weighted by molar-refractivity contribution is 9.09. The molecule has 0 bridgehead atoms. The number of amides is 2. The number of nitrogens with one attached hydrogen (secondary N) is 5. The van der Waals surface area contributed by atoms with Gasteiger partial charge in [0.25, 0.3) is 23.1 Å². The fourth-order valence-electron chi connectivity index (χ4n) is 13.6. The van der Waals surface area contributed by atoms with Gasteiger partial charge in [0, 0.05) is 203 Å². The fraction of sp³-hybridized carbons (Fsp3) is 0.340. The van der Waals surface area contributed by atoms with E-state index in [-0.39, 0.29) is 76.5 Å². The number of fused-ring (bicyclic) bond motifs is 6. The summed E-state index contributed by atoms with van der Waals surface area (Å²) in [5.41, 5.74) is 31.2. The van der Waals surface area contributed by atoms with Crippen LogP contribution in [0.2, 0.25) is 5.28 Å². The van der Waals surface area contributed by atoms with Crippen molar-refractivity contribution in [1.29, 1.82) is 0 Å². The van der Waals surface area contributed by atoms with Gasteiger partial charge < -0.3 is 81.1 Å². The molecule has 724 valence electrons. The molecule has 0 radical (unpaired) electrons. The minimum absolute atomic E-state index is 0. The third kappa shape index (κ3) is 39.8. The Morgan fingerprint density at radius 2 is 0.873 bits per heavy atom. The van der Waals surface area contributed by atoms with E-state index in [1.807, 2.05) is 30.3 Å². The molecule has 2 aromatic heterocycles. The number of hydrogen-bond donors (Lipinski definition) is 10. The van der Waals surface area contributed by atoms with Crippen LogP contribution >= 0.6 is 39.9 Å². The molecule has 6 aliphatic heterocycles. The standard InChI is InChI=1S/C25H27N5O3.C14H12ClN3O3.C11H14N2O3.2C11H16N2O.C8H8N2O2.C8H9N.C3H7BrO.C2H6O.CH4.ClH.H2O4S/c1-4-11-30-15-17-9-10-20(12-18(17)16-30)28-25-26-14-22(32-3)24(29-25)33-21-8-6-7-19(13-21)27-23(31)5-2;1-3-12(19)17-9-5-4-6-10(7-9)21-13-11(20-2)8-16-14(15)18-13;1-16-5-4-12-7-9-2-3-11(13(14)15)6-10(9)8-12;2*1-14-5-4-13-7-9-2-3-11(12)6-10(9)8-13;11-10(12)8-2-1-6-4-9-5-7(6)3-8;1-2-4-8-6-9-5-7(8)3-1;1-5-3-2-4;1-2-3;;;1-5(2,3)4/h5-10,12-14H,2,4,11,15-16H2,1,3H3,(H,27,31)(H,26,28,29);3-8H,1H2,2H3,(H,17,19);2-3,6H,4-5,7-8H2,1H3;2*2-3,6H,4-5,7-8,12H2,1H3;1-3,9H,4-5H2;1-4,9H,5-6H2;2-3H2,1H3;3H,2H2,1H3;1H4;1H;(H2,1,2,3,4). The minimum atomic E-state index is -4.67. The predicted molar refractivity (Wildman–Crippen MR) is 527 cm³/mol. The fourth-order valence-corrected chi connectivity index (χ4v) is 14.0. The number of nitrogens with two attached hydrogens (primary N) is 2. The van der Waals surface area contributed by atoms with Gasteiger partial charge >= 0.3 is 10.4 Å². The maximum Gasteiger partial charge on any atom is 0.394 e. The number of benzene rings is 8. The first-order valence-corrected chi connectivity index (χ1v) is 44.7. The number of carbonyl (C=O) groups excluding carboxylic acids is 2. The van der Waals surface area contributed by atoms with Crippen LogP contribution in [0.5, 0.6) is 34.8 Å². The number of nitro groups is 2. The molecule has 0 fully saturated rings. The van der Waals surface area contributed by atoms with Gasteiger partial charge in [-0.3, -0.25) is 58.5 Å². The van der Waals surface area contributed by atoms with Crippen molar-refractivity contribution in [2.75, 3.05) is 135 Å². The molecule has 10 aromatic rings. The normalized spacial score (nSPS) is 13.0. The largest absolute Gasteiger partial charge is 0.490 e. The van der Waals surface area contributed by atoms with Crippen molar-refractivity contribution in [3.05, 3.63) is 294 Å². The second-order valence-electron chi connectivity index (χ2n) is 29.6. The Morgan fingerprint density at radius 1 is 0.507 bits per heavy atom. The lowest BCUT2D eigenvalue weighted by Gasteiger charge is -2.13. The van der Waals surface area contributed by atoms with Crippen LogP contribution in [0.15, 0.2) is 201 Å². The van der Waals surface area contributed by atoms with Crippen LogP contribution in [0, 0.1) is 20.2 Å². The smallest absolute Gasteiger partial charge is 0.394 e. The third-order valence-electron chi connectivity index (χ3n) is 19.8. The van der Waals surface area contributed by atoms with Gasteiger partial charge in [-0.25, -0.2) is 9.97 Å². The molecule has 8 aromatic carbocycles. The Bertz CT molecular complexity index is 5410. The minimum Gasteiger partial charge on any atom is -0.490 e. The highest BCUT2D eigenvalue weighted by Gasteiger charge is 2.25. The molecule has 0 atom stereocenters. The number of rotatable bonds is 27. The molecule has 8 heterocycles. The predicted octanol–water partition coefficient (Wildman–Crippen LogP) is 15.9. The Balaban J connectivity index is 0.000000278. The summed E-state index contributed by atoms with van der Waals surface area (Å²) >= 11 is 8.92. The molecule has 0 saturated carbocycles. The Kier molecular flexibility index (Phi) is 50.9. The van der Waals surface area contributed by atoms with Crippen LogP contribution in [-0.2, 0) is 117 Å². The van der Waals surface area contributed by atoms with E-state index in [0.717, 1.165) is 164 Å². The summed E-state index contributed by atoms with van der Waals surface area (Å²) in [6.07, 6.45) is 6.50. The molecule has 134 heavy (non-hydrogen) atoms. The zero-order valence-corrected chi connectivity index (χ0v) is 79.6. The van der Waals surface area contributed by atoms with E-state index in [1.54, 1.807) is 114 Å². The Morgan fingerprint density at radius 3 is 1.28 bits per heavy atom. The van der Waals surface area contributed by atoms with Crippen molar-refractivity contribution >= 4 is 108 Å². The molecule has 0 saturated heterocycles. The molecule has 40 heteroatoms. The second-order valence-corrected chi connectivity index (χ2v) is 31.6. The zero-order valence-electron chi connectivity index (χ0n) is 75.6. The van der Waals surface area contributed by atoms with E-state index in [1.165, 1.54) is 88.2 Å². The van der Waals surface area contributed by atoms with Crippen LogP contribution in [0.25, 0.3) is 0 Å². The lowest BCUT2D eigenvalue weighted by molar-refractivity contribution is -0.385. The summed E-state index contributed by atoms with van der Waals surface area (Å²) in [7, 11) is 5.17. The van der Waals surface area contributed by atoms with Gasteiger partial charge in [0.2, 0.25) is 23.0 Å². The van der Waals surface area contributed by atoms with Crippen LogP contribution in [0.3, 0.4) is 0 Å². The van der Waals surface area contributed by atoms with Gasteiger partial charge in [0.15, 0.2) is 11.5 Å². The molecular weight excluding hydrogens is 1850 g/mol. The van der Waals surface area contributed by atoms with Gasteiger partial charge in [0.1, 0.15) is 11.5 Å². The molecule has 2 amide bonds. The Hall–Kier alpha value is -11.8. The van der Waals surface area contributed by atoms with E-state index in [4.69, 9.17) is 78.9 Å². The molecule has 16 rings (SSSR count). The van der Waals surface area contributed by atoms with Crippen LogP contribution < -0.4 is 57.0 Å². The van der Waals surface area contributed by atoms with Crippen molar-refractivity contribution in [2.45, 2.75) is 106 Å². The van der Waals surface area contributed by atoms with Crippen molar-refractivity contribution in [2.24, 2.45) is 0 Å². The van der Waals surface area contributed by atoms with E-state index >= 15 is 0 Å². The number of aliphatic hydroxyl groups excluding tert-OH is 1. The van der Waals surface area contributed by atoms with Crippen molar-refractivity contribution < 1.29 is 80.0 Å². The van der Waals surface area contributed by atoms with Crippen LogP contribution in [-0.4, -0.2) is 191 Å². The first kappa shape index (κ1) is 113. The van der Waals surface area contributed by atoms with Crippen molar-refractivity contribution in [3.8, 4) is 34.8 Å². The monoisotopic (exact) mass is 1970 g/mol. The molecule has 6 aliphatic rings. The number of halogens is 3. The number of hydrogen-bond acceptors (Lipinski definition) is 30. The number of nitrogen functional groups attached to an aromatic ring is 2. The van der Waals surface area contributed by atoms with Gasteiger partial charge in [-0.1, -0.05) is 110 Å². The van der Waals surface area contributed by atoms with Crippen LogP contribution in [0.1, 0.15) is 94.5 Å². The average Bonchev–Trinajstić information content (AvgIpc) is 1.39. The summed E-state index contributed by atoms with van der Waals surface area (Å²) in [6, 6.07) is 51.0. The number of methoxy groups -OCH3 is 6. The summed E-state index contributed by atoms with van der Waals surface area (Å²) < 4.78 is 73.4. The van der Waals surface area contributed by atoms with E-state index < -0.39 is 10.4 Å². The third-order valence-corrected chi connectivity index (χ3v) is 20.3. The van der Waals surface area contributed by atoms with Gasteiger partial charge in [-0.2, -0.15) is 18.4 Å². The van der Waals surface area contributed by atoms with Crippen molar-refractivity contribution in [1.82, 2.24) is 50.2 Å². The first-order chi connectivity index (χ1) is 63.5. The molecule has 0 aliphatic carbocycles. The highest BCUT2D eigenvalue weighted by Crippen LogP contribution is 2.36. The molecule has 12 N–H and O–H groups in total. The zero-order chi connectivity index (χ0) is 95.9. The van der Waals surface area contributed by atoms with Crippen molar-refractivity contribution in [3.63, 3.8) is 0 Å². The number of aromatic nitrogens is 4. The number of nitro benzene ring substituents is 2. The van der Waals surface area contributed by atoms with Crippen LogP contribution in [0.4, 0.5) is 45.8 Å². The second kappa shape index (κ2) is 60.5. The van der Waals surface area contributed by atoms with E-state index in [9.17, 15) is 29.8 Å². The lowest BCUT2D eigenvalue weighted by atomic mass is 10.1. The average molecular weight is 1980 g/mol. The lowest BCUT2D eigenvalue weighted by Crippen LogP contribution is -2.21. The number of nitrogens with zero attached hydrogens (tertiary/aromatic N) is 10. The molecule has 0 spiro atoms. The SMILES string of the molecule is C.C=CC(=O)Nc1cccc(Oc2nc(Cl)ncc2OC)c1.C=CC(=O)Nc1cccc(Oc2nc(Nc3ccc4c(c3)CN(CCC)C4)ncc2OC)c1.CCO.COCCBr.COCCN1Cc2ccc(N)cc2C1.COCCN1Cc2ccc(N)cc2C1.COCCN1Cc2ccc([N+](=O)[O-])cc2C1.Cl.O=S(=O)(O)O.O=[N+]([O-])c1ccc2c(c1)CNC2.c1ccc2c(c1)CNC2. The maximum atomic E-state index is 11.6. The number of anilines is 6. The quantitative estimate of drug-likeness (QED) is 0.00435. The topological polar surface area (TPSA) is 466 Å². The summed E-state index contributed by atoms with van der Waals surface area (Å²) in [5.74, 6) is 1.93. The number of non-ortho nitro benzene ring substituents is 2. The molecular formula is C94H122BrCl2N17O19S. The number of aliphatic hydroxyl groups is 1. The molecule has 36 nitrogen and oxygen atoms in total. The Labute approximate surface area is 802 Å². The van der Waals surface area contributed by atoms with Gasteiger partial charge in [0.05, 0.1) is 62.9 Å².